The van der Waals surface area contributed by atoms with Crippen molar-refractivity contribution in [3.8, 4) is 6.07 Å². The molecule has 0 amide bonds. The standard InChI is InChI=1S/C10H17NO3S/c1-8-4-9(15(3,12)13)5-10(8,6-11)7-14-2/h8-9H,4-5,7H2,1-3H3/t8-,9+,10-/m0/s1. The van der Waals surface area contributed by atoms with E-state index in [0.717, 1.165) is 0 Å². The van der Waals surface area contributed by atoms with Crippen molar-refractivity contribution in [2.45, 2.75) is 25.0 Å². The van der Waals surface area contributed by atoms with Gasteiger partial charge < -0.3 is 4.74 Å². The first kappa shape index (κ1) is 12.5. The van der Waals surface area contributed by atoms with Crippen LogP contribution in [0.4, 0.5) is 0 Å². The van der Waals surface area contributed by atoms with E-state index >= 15 is 0 Å². The first-order valence-corrected chi connectivity index (χ1v) is 6.90. The van der Waals surface area contributed by atoms with Gasteiger partial charge in [0.2, 0.25) is 0 Å². The van der Waals surface area contributed by atoms with Crippen molar-refractivity contribution >= 4 is 9.84 Å². The summed E-state index contributed by atoms with van der Waals surface area (Å²) in [7, 11) is -1.50. The highest BCUT2D eigenvalue weighted by molar-refractivity contribution is 7.91. The third kappa shape index (κ3) is 2.32. The van der Waals surface area contributed by atoms with Gasteiger partial charge in [-0.05, 0) is 18.8 Å². The van der Waals surface area contributed by atoms with Crippen LogP contribution in [0.3, 0.4) is 0 Å². The molecule has 0 aliphatic heterocycles. The number of sulfone groups is 1. The normalized spacial score (nSPS) is 36.4. The molecule has 0 unspecified atom stereocenters. The van der Waals surface area contributed by atoms with Crippen LogP contribution in [0.15, 0.2) is 0 Å². The van der Waals surface area contributed by atoms with Crippen molar-refractivity contribution in [2.24, 2.45) is 11.3 Å². The number of hydrogen-bond acceptors (Lipinski definition) is 4. The van der Waals surface area contributed by atoms with Crippen molar-refractivity contribution in [1.29, 1.82) is 5.26 Å². The molecule has 15 heavy (non-hydrogen) atoms. The van der Waals surface area contributed by atoms with Gasteiger partial charge in [-0.1, -0.05) is 6.92 Å². The van der Waals surface area contributed by atoms with E-state index < -0.39 is 15.3 Å². The maximum Gasteiger partial charge on any atom is 0.150 e. The second-order valence-electron chi connectivity index (χ2n) is 4.49. The largest absolute Gasteiger partial charge is 0.383 e. The Morgan fingerprint density at radius 3 is 2.53 bits per heavy atom. The predicted molar refractivity (Wildman–Crippen MR) is 57.0 cm³/mol. The fraction of sp³-hybridized carbons (Fsp3) is 0.900. The van der Waals surface area contributed by atoms with Crippen LogP contribution >= 0.6 is 0 Å². The molecule has 0 N–H and O–H groups in total. The molecule has 0 radical (unpaired) electrons. The Labute approximate surface area is 91.1 Å². The van der Waals surface area contributed by atoms with Gasteiger partial charge in [-0.15, -0.1) is 0 Å². The van der Waals surface area contributed by atoms with Crippen molar-refractivity contribution in [2.75, 3.05) is 20.0 Å². The van der Waals surface area contributed by atoms with Crippen LogP contribution in [-0.2, 0) is 14.6 Å². The molecule has 1 saturated carbocycles. The van der Waals surface area contributed by atoms with E-state index in [1.54, 1.807) is 7.11 Å². The van der Waals surface area contributed by atoms with E-state index in [9.17, 15) is 13.7 Å². The van der Waals surface area contributed by atoms with Crippen molar-refractivity contribution in [1.82, 2.24) is 0 Å². The minimum Gasteiger partial charge on any atom is -0.383 e. The summed E-state index contributed by atoms with van der Waals surface area (Å²) in [5.41, 5.74) is -0.623. The lowest BCUT2D eigenvalue weighted by atomic mass is 9.81. The van der Waals surface area contributed by atoms with Gasteiger partial charge in [0.05, 0.1) is 23.3 Å². The number of nitrogens with zero attached hydrogens (tertiary/aromatic N) is 1. The molecule has 5 heteroatoms. The van der Waals surface area contributed by atoms with Crippen LogP contribution in [0, 0.1) is 22.7 Å². The molecule has 1 fully saturated rings. The second kappa shape index (κ2) is 4.11. The van der Waals surface area contributed by atoms with E-state index in [1.807, 2.05) is 6.92 Å². The Balaban J connectivity index is 2.93. The molecule has 0 aromatic carbocycles. The maximum atomic E-state index is 11.4. The molecule has 1 aliphatic carbocycles. The number of hydrogen-bond donors (Lipinski definition) is 0. The highest BCUT2D eigenvalue weighted by Crippen LogP contribution is 2.45. The predicted octanol–water partition coefficient (Wildman–Crippen LogP) is 0.986. The molecule has 0 saturated heterocycles. The quantitative estimate of drug-likeness (QED) is 0.726. The number of nitriles is 1. The van der Waals surface area contributed by atoms with Gasteiger partial charge in [0, 0.05) is 13.4 Å². The van der Waals surface area contributed by atoms with Gasteiger partial charge in [-0.3, -0.25) is 0 Å². The van der Waals surface area contributed by atoms with Crippen molar-refractivity contribution in [3.63, 3.8) is 0 Å². The fourth-order valence-electron chi connectivity index (χ4n) is 2.28. The third-order valence-corrected chi connectivity index (χ3v) is 4.95. The average molecular weight is 231 g/mol. The topological polar surface area (TPSA) is 67.2 Å². The zero-order chi connectivity index (χ0) is 11.7. The summed E-state index contributed by atoms with van der Waals surface area (Å²) in [6.45, 7) is 2.24. The van der Waals surface area contributed by atoms with Crippen LogP contribution in [0.5, 0.6) is 0 Å². The molecule has 0 heterocycles. The SMILES string of the molecule is COC[C@@]1(C#N)C[C@H](S(C)(=O)=O)C[C@@H]1C. The zero-order valence-corrected chi connectivity index (χ0v) is 10.2. The summed E-state index contributed by atoms with van der Waals surface area (Å²) in [5, 5.41) is 8.79. The molecule has 0 bridgehead atoms. The third-order valence-electron chi connectivity index (χ3n) is 3.38. The molecular weight excluding hydrogens is 214 g/mol. The molecule has 0 spiro atoms. The van der Waals surface area contributed by atoms with E-state index in [1.165, 1.54) is 6.26 Å². The molecule has 4 nitrogen and oxygen atoms in total. The summed E-state index contributed by atoms with van der Waals surface area (Å²) in [6, 6.07) is 2.24. The fourth-order valence-corrected chi connectivity index (χ4v) is 3.52. The molecule has 1 aliphatic rings. The van der Waals surface area contributed by atoms with Gasteiger partial charge in [0.1, 0.15) is 9.84 Å². The van der Waals surface area contributed by atoms with Crippen LogP contribution in [-0.4, -0.2) is 33.6 Å². The Morgan fingerprint density at radius 1 is 1.60 bits per heavy atom. The van der Waals surface area contributed by atoms with Crippen LogP contribution in [0.2, 0.25) is 0 Å². The summed E-state index contributed by atoms with van der Waals surface area (Å²) in [5.74, 6) is 0.0715. The summed E-state index contributed by atoms with van der Waals surface area (Å²) in [6.07, 6.45) is 2.21. The maximum absolute atomic E-state index is 11.4. The lowest BCUT2D eigenvalue weighted by Crippen LogP contribution is -2.28. The smallest absolute Gasteiger partial charge is 0.150 e. The number of methoxy groups -OCH3 is 1. The van der Waals surface area contributed by atoms with Crippen molar-refractivity contribution in [3.05, 3.63) is 0 Å². The van der Waals surface area contributed by atoms with Gasteiger partial charge in [0.15, 0.2) is 0 Å². The average Bonchev–Trinajstić information content (AvgIpc) is 2.45. The molecule has 0 aromatic heterocycles. The molecule has 86 valence electrons. The lowest BCUT2D eigenvalue weighted by Gasteiger charge is -2.24. The summed E-state index contributed by atoms with van der Waals surface area (Å²) in [4.78, 5) is 0. The zero-order valence-electron chi connectivity index (χ0n) is 9.36. The molecule has 3 atom stereocenters. The summed E-state index contributed by atoms with van der Waals surface area (Å²) < 4.78 is 27.9. The Morgan fingerprint density at radius 2 is 2.20 bits per heavy atom. The van der Waals surface area contributed by atoms with Gasteiger partial charge >= 0.3 is 0 Å². The minimum absolute atomic E-state index is 0.0715. The monoisotopic (exact) mass is 231 g/mol. The van der Waals surface area contributed by atoms with Gasteiger partial charge in [0.25, 0.3) is 0 Å². The first-order valence-electron chi connectivity index (χ1n) is 4.95. The lowest BCUT2D eigenvalue weighted by molar-refractivity contribution is 0.0951. The Hall–Kier alpha value is -0.600. The van der Waals surface area contributed by atoms with E-state index in [4.69, 9.17) is 4.74 Å². The van der Waals surface area contributed by atoms with E-state index in [2.05, 4.69) is 6.07 Å². The van der Waals surface area contributed by atoms with Gasteiger partial charge in [-0.2, -0.15) is 5.26 Å². The Bertz CT molecular complexity index is 371. The highest BCUT2D eigenvalue weighted by Gasteiger charge is 2.48. The van der Waals surface area contributed by atoms with Crippen LogP contribution in [0.25, 0.3) is 0 Å². The molecule has 1 rings (SSSR count). The highest BCUT2D eigenvalue weighted by atomic mass is 32.2. The summed E-state index contributed by atoms with van der Waals surface area (Å²) >= 11 is 0. The van der Waals surface area contributed by atoms with Crippen LogP contribution in [0.1, 0.15) is 19.8 Å². The minimum atomic E-state index is -3.04. The van der Waals surface area contributed by atoms with E-state index in [-0.39, 0.29) is 11.2 Å². The second-order valence-corrected chi connectivity index (χ2v) is 6.82. The van der Waals surface area contributed by atoms with Gasteiger partial charge in [-0.25, -0.2) is 8.42 Å². The molecule has 0 aromatic rings. The molecular formula is C10H17NO3S. The van der Waals surface area contributed by atoms with Crippen LogP contribution < -0.4 is 0 Å². The van der Waals surface area contributed by atoms with E-state index in [0.29, 0.717) is 19.4 Å². The number of rotatable bonds is 3. The Kier molecular flexibility index (Phi) is 3.41. The van der Waals surface area contributed by atoms with Crippen molar-refractivity contribution < 1.29 is 13.2 Å². The number of ether oxygens (including phenoxy) is 1. The first-order chi connectivity index (χ1) is 6.85.